The number of aryl methyl sites for hydroxylation is 1. The summed E-state index contributed by atoms with van der Waals surface area (Å²) >= 11 is 3.37. The number of benzene rings is 2. The Labute approximate surface area is 163 Å². The van der Waals surface area contributed by atoms with Crippen molar-refractivity contribution in [2.45, 2.75) is 12.8 Å². The maximum Gasteiger partial charge on any atom is 0.244 e. The van der Waals surface area contributed by atoms with Crippen LogP contribution in [0.25, 0.3) is 11.3 Å². The fraction of sp³-hybridized carbons (Fsp3) is 0.100. The topological polar surface area (TPSA) is 87.7 Å². The summed E-state index contributed by atoms with van der Waals surface area (Å²) in [6.07, 6.45) is 0. The van der Waals surface area contributed by atoms with Gasteiger partial charge >= 0.3 is 0 Å². The smallest absolute Gasteiger partial charge is 0.244 e. The summed E-state index contributed by atoms with van der Waals surface area (Å²) in [4.78, 5) is 0. The van der Waals surface area contributed by atoms with Crippen LogP contribution in [0.3, 0.4) is 0 Å². The third-order valence-electron chi connectivity index (χ3n) is 4.55. The lowest BCUT2D eigenvalue weighted by molar-refractivity contribution is 0.378. The van der Waals surface area contributed by atoms with E-state index < -0.39 is 11.7 Å². The van der Waals surface area contributed by atoms with Gasteiger partial charge in [-0.05, 0) is 25.1 Å². The van der Waals surface area contributed by atoms with E-state index >= 15 is 0 Å². The van der Waals surface area contributed by atoms with Crippen LogP contribution in [0, 0.1) is 24.1 Å². The highest BCUT2D eigenvalue weighted by molar-refractivity contribution is 9.10. The maximum atomic E-state index is 14.7. The van der Waals surface area contributed by atoms with Crippen LogP contribution >= 0.6 is 15.9 Å². The molecule has 5 nitrogen and oxygen atoms in total. The molecule has 0 saturated heterocycles. The number of fused-ring (bicyclic) bond motifs is 1. The number of ether oxygens (including phenoxy) is 1. The third kappa shape index (κ3) is 2.88. The second kappa shape index (κ2) is 6.56. The Balaban J connectivity index is 1.98. The standard InChI is InChI=1S/C20H14BrFN4O/c1-10-2-4-11(5-3-10)18-17-16(13-8-12(21)6-7-15(13)22)14(9-23)19(24)27-20(17)26-25-18/h2-8,16H,24H2,1H3,(H,25,26). The largest absolute Gasteiger partial charge is 0.420 e. The maximum absolute atomic E-state index is 14.7. The molecule has 2 aromatic carbocycles. The number of nitrogens with zero attached hydrogens (tertiary/aromatic N) is 2. The molecule has 3 N–H and O–H groups in total. The number of nitrogens with one attached hydrogen (secondary N) is 1. The van der Waals surface area contributed by atoms with Crippen molar-refractivity contribution in [3.63, 3.8) is 0 Å². The number of rotatable bonds is 2. The molecule has 1 aliphatic heterocycles. The number of aromatic amines is 1. The molecule has 2 heterocycles. The van der Waals surface area contributed by atoms with Gasteiger partial charge in [-0.3, -0.25) is 5.10 Å². The SMILES string of the molecule is Cc1ccc(-c2[nH]nc3c2C(c2cc(Br)ccc2F)C(C#N)=C(N)O3)cc1. The van der Waals surface area contributed by atoms with E-state index in [1.165, 1.54) is 6.07 Å². The molecular weight excluding hydrogens is 411 g/mol. The summed E-state index contributed by atoms with van der Waals surface area (Å²) in [5.74, 6) is -0.998. The Morgan fingerprint density at radius 1 is 1.26 bits per heavy atom. The number of nitriles is 1. The molecule has 7 heteroatoms. The molecule has 0 fully saturated rings. The Kier molecular flexibility index (Phi) is 4.21. The summed E-state index contributed by atoms with van der Waals surface area (Å²) in [5.41, 5.74) is 9.62. The molecule has 1 aromatic heterocycles. The van der Waals surface area contributed by atoms with Crippen molar-refractivity contribution in [3.8, 4) is 23.2 Å². The van der Waals surface area contributed by atoms with E-state index in [1.54, 1.807) is 12.1 Å². The molecule has 27 heavy (non-hydrogen) atoms. The lowest BCUT2D eigenvalue weighted by Crippen LogP contribution is -2.21. The summed E-state index contributed by atoms with van der Waals surface area (Å²) in [7, 11) is 0. The first-order valence-electron chi connectivity index (χ1n) is 8.17. The van der Waals surface area contributed by atoms with Gasteiger partial charge in [0.15, 0.2) is 0 Å². The zero-order valence-corrected chi connectivity index (χ0v) is 15.8. The molecule has 3 aromatic rings. The van der Waals surface area contributed by atoms with Gasteiger partial charge in [0.2, 0.25) is 11.8 Å². The molecule has 4 rings (SSSR count). The molecule has 0 amide bonds. The van der Waals surface area contributed by atoms with Crippen LogP contribution in [-0.2, 0) is 0 Å². The molecule has 0 radical (unpaired) electrons. The molecule has 0 aliphatic carbocycles. The van der Waals surface area contributed by atoms with E-state index in [9.17, 15) is 9.65 Å². The summed E-state index contributed by atoms with van der Waals surface area (Å²) in [5, 5.41) is 16.8. The van der Waals surface area contributed by atoms with Crippen LogP contribution in [0.4, 0.5) is 4.39 Å². The van der Waals surface area contributed by atoms with Crippen LogP contribution in [0.5, 0.6) is 5.88 Å². The predicted octanol–water partition coefficient (Wildman–Crippen LogP) is 4.50. The van der Waals surface area contributed by atoms with E-state index in [2.05, 4.69) is 32.2 Å². The van der Waals surface area contributed by atoms with Gasteiger partial charge in [-0.1, -0.05) is 45.8 Å². The average Bonchev–Trinajstić information content (AvgIpc) is 3.06. The Morgan fingerprint density at radius 3 is 2.70 bits per heavy atom. The fourth-order valence-corrected chi connectivity index (χ4v) is 3.61. The molecule has 1 atom stereocenters. The van der Waals surface area contributed by atoms with Gasteiger partial charge in [0.25, 0.3) is 0 Å². The van der Waals surface area contributed by atoms with E-state index in [0.29, 0.717) is 21.3 Å². The normalized spacial score (nSPS) is 15.9. The van der Waals surface area contributed by atoms with Crippen LogP contribution in [0.15, 0.2) is 58.4 Å². The van der Waals surface area contributed by atoms with Crippen LogP contribution in [0.1, 0.15) is 22.6 Å². The lowest BCUT2D eigenvalue weighted by atomic mass is 9.82. The lowest BCUT2D eigenvalue weighted by Gasteiger charge is -2.24. The van der Waals surface area contributed by atoms with E-state index in [1.807, 2.05) is 31.2 Å². The van der Waals surface area contributed by atoms with Gasteiger partial charge in [-0.2, -0.15) is 5.26 Å². The number of allylic oxidation sites excluding steroid dienone is 1. The first-order valence-corrected chi connectivity index (χ1v) is 8.96. The summed E-state index contributed by atoms with van der Waals surface area (Å²) in [6.45, 7) is 1.99. The van der Waals surface area contributed by atoms with Crippen molar-refractivity contribution >= 4 is 15.9 Å². The van der Waals surface area contributed by atoms with Crippen molar-refractivity contribution in [2.75, 3.05) is 0 Å². The molecule has 0 bridgehead atoms. The number of aromatic nitrogens is 2. The van der Waals surface area contributed by atoms with E-state index in [-0.39, 0.29) is 17.3 Å². The minimum Gasteiger partial charge on any atom is -0.420 e. The van der Waals surface area contributed by atoms with Gasteiger partial charge in [-0.25, -0.2) is 4.39 Å². The minimum atomic E-state index is -0.730. The highest BCUT2D eigenvalue weighted by atomic mass is 79.9. The molecule has 1 aliphatic rings. The van der Waals surface area contributed by atoms with Crippen molar-refractivity contribution in [2.24, 2.45) is 5.73 Å². The highest BCUT2D eigenvalue weighted by Crippen LogP contribution is 2.46. The predicted molar refractivity (Wildman–Crippen MR) is 102 cm³/mol. The van der Waals surface area contributed by atoms with Crippen molar-refractivity contribution in [1.82, 2.24) is 10.2 Å². The number of hydrogen-bond donors (Lipinski definition) is 2. The number of H-pyrrole nitrogens is 1. The second-order valence-electron chi connectivity index (χ2n) is 6.27. The van der Waals surface area contributed by atoms with Crippen LogP contribution in [0.2, 0.25) is 0 Å². The molecular formula is C20H14BrFN4O. The molecule has 134 valence electrons. The fourth-order valence-electron chi connectivity index (χ4n) is 3.23. The number of nitrogens with two attached hydrogens (primary N) is 1. The van der Waals surface area contributed by atoms with E-state index in [0.717, 1.165) is 11.1 Å². The van der Waals surface area contributed by atoms with Crippen molar-refractivity contribution < 1.29 is 9.13 Å². The molecule has 0 spiro atoms. The van der Waals surface area contributed by atoms with Gasteiger partial charge in [0.1, 0.15) is 17.5 Å². The third-order valence-corrected chi connectivity index (χ3v) is 5.04. The first kappa shape index (κ1) is 17.3. The average molecular weight is 425 g/mol. The van der Waals surface area contributed by atoms with Crippen molar-refractivity contribution in [3.05, 3.63) is 80.9 Å². The highest BCUT2D eigenvalue weighted by Gasteiger charge is 2.37. The van der Waals surface area contributed by atoms with Crippen molar-refractivity contribution in [1.29, 1.82) is 5.26 Å². The molecule has 0 saturated carbocycles. The molecule has 1 unspecified atom stereocenters. The van der Waals surface area contributed by atoms with Crippen LogP contribution < -0.4 is 10.5 Å². The summed E-state index contributed by atoms with van der Waals surface area (Å²) in [6, 6.07) is 14.5. The quantitative estimate of drug-likeness (QED) is 0.633. The minimum absolute atomic E-state index is 0.0728. The van der Waals surface area contributed by atoms with Gasteiger partial charge in [-0.15, -0.1) is 5.10 Å². The number of halogens is 2. The Hall–Kier alpha value is -3.11. The zero-order chi connectivity index (χ0) is 19.1. The zero-order valence-electron chi connectivity index (χ0n) is 14.3. The van der Waals surface area contributed by atoms with Gasteiger partial charge in [0.05, 0.1) is 17.2 Å². The Morgan fingerprint density at radius 2 is 2.00 bits per heavy atom. The second-order valence-corrected chi connectivity index (χ2v) is 7.19. The Bertz CT molecular complexity index is 1110. The van der Waals surface area contributed by atoms with Gasteiger partial charge < -0.3 is 10.5 Å². The first-order chi connectivity index (χ1) is 13.0. The summed E-state index contributed by atoms with van der Waals surface area (Å²) < 4.78 is 21.0. The monoisotopic (exact) mass is 424 g/mol. The van der Waals surface area contributed by atoms with Gasteiger partial charge in [0, 0.05) is 15.6 Å². The van der Waals surface area contributed by atoms with E-state index in [4.69, 9.17) is 10.5 Å². The van der Waals surface area contributed by atoms with Crippen LogP contribution in [-0.4, -0.2) is 10.2 Å². The number of hydrogen-bond acceptors (Lipinski definition) is 4.